The summed E-state index contributed by atoms with van der Waals surface area (Å²) in [5.41, 5.74) is 12.1. The Hall–Kier alpha value is -7.47. The van der Waals surface area contributed by atoms with E-state index < -0.39 is 0 Å². The van der Waals surface area contributed by atoms with Crippen LogP contribution in [-0.2, 0) is 0 Å². The Morgan fingerprint density at radius 3 is 1.81 bits per heavy atom. The van der Waals surface area contributed by atoms with E-state index in [-0.39, 0.29) is 0 Å². The molecule has 3 aromatic heterocycles. The molecule has 9 aromatic carbocycles. The van der Waals surface area contributed by atoms with Crippen LogP contribution in [0.3, 0.4) is 0 Å². The summed E-state index contributed by atoms with van der Waals surface area (Å²) in [5.74, 6) is 1.85. The standard InChI is InChI=1S/C53H29N3OS/c1-2-13-31(14-3-1)51-54-52(56-53(55-51)40-23-12-25-43-47(40)37-19-6-8-24-42(37)57-43)36-28-27-35(32-17-4-5-18-33(32)36)50-48-39-22-11-16-30-15-10-21-34(46(30)39)41(48)29-45-49(50)38-20-7-9-26-44(38)58-45/h1-29H. The Labute approximate surface area is 336 Å². The summed E-state index contributed by atoms with van der Waals surface area (Å²) in [4.78, 5) is 15.7. The summed E-state index contributed by atoms with van der Waals surface area (Å²) in [5, 5.41) is 9.45. The lowest BCUT2D eigenvalue weighted by Crippen LogP contribution is -2.01. The second kappa shape index (κ2) is 12.0. The van der Waals surface area contributed by atoms with Gasteiger partial charge in [0.1, 0.15) is 11.2 Å². The summed E-state index contributed by atoms with van der Waals surface area (Å²) in [6.07, 6.45) is 0. The highest BCUT2D eigenvalue weighted by atomic mass is 32.1. The Balaban J connectivity index is 1.10. The normalized spacial score (nSPS) is 12.1. The molecule has 3 heterocycles. The molecule has 5 heteroatoms. The van der Waals surface area contributed by atoms with E-state index in [4.69, 9.17) is 19.4 Å². The molecule has 0 amide bonds. The number of rotatable bonds is 4. The van der Waals surface area contributed by atoms with Crippen molar-refractivity contribution in [2.24, 2.45) is 0 Å². The van der Waals surface area contributed by atoms with Crippen molar-refractivity contribution in [3.05, 3.63) is 176 Å². The molecule has 0 unspecified atom stereocenters. The van der Waals surface area contributed by atoms with E-state index >= 15 is 0 Å². The van der Waals surface area contributed by atoms with Crippen molar-refractivity contribution in [3.8, 4) is 67.5 Å². The number of fused-ring (bicyclic) bond motifs is 10. The lowest BCUT2D eigenvalue weighted by atomic mass is 9.86. The number of hydrogen-bond donors (Lipinski definition) is 0. The van der Waals surface area contributed by atoms with Gasteiger partial charge in [0.15, 0.2) is 17.5 Å². The third kappa shape index (κ3) is 4.47. The summed E-state index contributed by atoms with van der Waals surface area (Å²) in [6, 6.07) is 62.5. The van der Waals surface area contributed by atoms with Crippen LogP contribution in [-0.4, -0.2) is 15.0 Å². The highest BCUT2D eigenvalue weighted by Crippen LogP contribution is 2.56. The Morgan fingerprint density at radius 1 is 0.345 bits per heavy atom. The zero-order chi connectivity index (χ0) is 37.9. The van der Waals surface area contributed by atoms with Crippen molar-refractivity contribution in [1.82, 2.24) is 15.0 Å². The van der Waals surface area contributed by atoms with Crippen LogP contribution in [0, 0.1) is 0 Å². The van der Waals surface area contributed by atoms with E-state index in [2.05, 4.69) is 127 Å². The first-order chi connectivity index (χ1) is 28.8. The first-order valence-electron chi connectivity index (χ1n) is 19.5. The molecular formula is C53H29N3OS. The highest BCUT2D eigenvalue weighted by molar-refractivity contribution is 7.26. The lowest BCUT2D eigenvalue weighted by molar-refractivity contribution is 0.669. The van der Waals surface area contributed by atoms with E-state index in [0.29, 0.717) is 17.5 Å². The Morgan fingerprint density at radius 2 is 0.966 bits per heavy atom. The number of aromatic nitrogens is 3. The molecule has 58 heavy (non-hydrogen) atoms. The minimum Gasteiger partial charge on any atom is -0.456 e. The van der Waals surface area contributed by atoms with Crippen molar-refractivity contribution in [1.29, 1.82) is 0 Å². The molecule has 0 radical (unpaired) electrons. The lowest BCUT2D eigenvalue weighted by Gasteiger charge is -2.17. The molecule has 4 nitrogen and oxygen atoms in total. The maximum Gasteiger partial charge on any atom is 0.164 e. The van der Waals surface area contributed by atoms with Crippen LogP contribution in [0.5, 0.6) is 0 Å². The molecule has 1 aliphatic rings. The SMILES string of the molecule is c1ccc(-c2nc(-c3ccc(-c4c5c(cc6sc7ccccc7c46)-c4cccc6cccc-5c46)c4ccccc34)nc(-c3cccc4oc5ccccc5c34)n2)cc1. The van der Waals surface area contributed by atoms with E-state index in [0.717, 1.165) is 49.4 Å². The van der Waals surface area contributed by atoms with Gasteiger partial charge < -0.3 is 4.42 Å². The van der Waals surface area contributed by atoms with Crippen LogP contribution in [0.15, 0.2) is 180 Å². The second-order valence-electron chi connectivity index (χ2n) is 15.0. The van der Waals surface area contributed by atoms with Gasteiger partial charge >= 0.3 is 0 Å². The van der Waals surface area contributed by atoms with Crippen molar-refractivity contribution in [2.75, 3.05) is 0 Å². The van der Waals surface area contributed by atoms with Gasteiger partial charge in [0.25, 0.3) is 0 Å². The van der Waals surface area contributed by atoms with Crippen LogP contribution in [0.4, 0.5) is 0 Å². The third-order valence-corrected chi connectivity index (χ3v) is 13.0. The van der Waals surface area contributed by atoms with Crippen molar-refractivity contribution in [3.63, 3.8) is 0 Å². The van der Waals surface area contributed by atoms with Crippen LogP contribution in [0.1, 0.15) is 0 Å². The number of nitrogens with zero attached hydrogens (tertiary/aromatic N) is 3. The number of para-hydroxylation sites is 1. The van der Waals surface area contributed by atoms with Gasteiger partial charge in [-0.25, -0.2) is 15.0 Å². The van der Waals surface area contributed by atoms with Gasteiger partial charge in [-0.2, -0.15) is 0 Å². The predicted octanol–water partition coefficient (Wildman–Crippen LogP) is 14.8. The minimum absolute atomic E-state index is 0.604. The molecule has 0 bridgehead atoms. The maximum absolute atomic E-state index is 6.31. The molecular weight excluding hydrogens is 727 g/mol. The fraction of sp³-hybridized carbons (Fsp3) is 0. The van der Waals surface area contributed by atoms with E-state index in [9.17, 15) is 0 Å². The van der Waals surface area contributed by atoms with Crippen molar-refractivity contribution < 1.29 is 4.42 Å². The second-order valence-corrected chi connectivity index (χ2v) is 16.1. The topological polar surface area (TPSA) is 51.8 Å². The van der Waals surface area contributed by atoms with Gasteiger partial charge in [0.2, 0.25) is 0 Å². The highest BCUT2D eigenvalue weighted by Gasteiger charge is 2.29. The molecule has 1 aliphatic carbocycles. The van der Waals surface area contributed by atoms with Crippen LogP contribution in [0.2, 0.25) is 0 Å². The van der Waals surface area contributed by atoms with Gasteiger partial charge in [-0.05, 0) is 79.7 Å². The van der Waals surface area contributed by atoms with Crippen LogP contribution >= 0.6 is 11.3 Å². The van der Waals surface area contributed by atoms with Gasteiger partial charge in [-0.15, -0.1) is 11.3 Å². The largest absolute Gasteiger partial charge is 0.456 e. The predicted molar refractivity (Wildman–Crippen MR) is 241 cm³/mol. The Kier molecular flexibility index (Phi) is 6.57. The first kappa shape index (κ1) is 31.7. The Bertz CT molecular complexity index is 3690. The molecule has 0 atom stereocenters. The minimum atomic E-state index is 0.604. The molecule has 13 rings (SSSR count). The quantitative estimate of drug-likeness (QED) is 0.179. The molecule has 0 saturated carbocycles. The third-order valence-electron chi connectivity index (χ3n) is 11.9. The van der Waals surface area contributed by atoms with Crippen LogP contribution in [0.25, 0.3) is 131 Å². The average Bonchev–Trinajstić information content (AvgIpc) is 3.96. The molecule has 0 spiro atoms. The maximum atomic E-state index is 6.31. The zero-order valence-electron chi connectivity index (χ0n) is 30.9. The monoisotopic (exact) mass is 755 g/mol. The fourth-order valence-corrected chi connectivity index (χ4v) is 10.6. The van der Waals surface area contributed by atoms with Gasteiger partial charge in [-0.1, -0.05) is 146 Å². The van der Waals surface area contributed by atoms with Crippen molar-refractivity contribution >= 4 is 75.0 Å². The molecule has 0 N–H and O–H groups in total. The molecule has 0 aliphatic heterocycles. The summed E-state index contributed by atoms with van der Waals surface area (Å²) >= 11 is 1.88. The van der Waals surface area contributed by atoms with Gasteiger partial charge in [0, 0.05) is 53.2 Å². The van der Waals surface area contributed by atoms with E-state index in [1.54, 1.807) is 0 Å². The number of benzene rings is 9. The van der Waals surface area contributed by atoms with E-state index in [1.165, 1.54) is 64.3 Å². The van der Waals surface area contributed by atoms with Gasteiger partial charge in [0.05, 0.1) is 0 Å². The molecule has 0 saturated heterocycles. The summed E-state index contributed by atoms with van der Waals surface area (Å²) < 4.78 is 8.90. The smallest absolute Gasteiger partial charge is 0.164 e. The first-order valence-corrected chi connectivity index (χ1v) is 20.3. The summed E-state index contributed by atoms with van der Waals surface area (Å²) in [7, 11) is 0. The van der Waals surface area contributed by atoms with E-state index in [1.807, 2.05) is 59.9 Å². The molecule has 12 aromatic rings. The number of furan rings is 1. The number of thiophene rings is 1. The van der Waals surface area contributed by atoms with Crippen LogP contribution < -0.4 is 0 Å². The molecule has 268 valence electrons. The molecule has 0 fully saturated rings. The average molecular weight is 756 g/mol. The van der Waals surface area contributed by atoms with Gasteiger partial charge in [-0.3, -0.25) is 0 Å². The van der Waals surface area contributed by atoms with Crippen molar-refractivity contribution in [2.45, 2.75) is 0 Å². The number of hydrogen-bond acceptors (Lipinski definition) is 5. The summed E-state index contributed by atoms with van der Waals surface area (Å²) in [6.45, 7) is 0. The fourth-order valence-electron chi connectivity index (χ4n) is 9.43. The zero-order valence-corrected chi connectivity index (χ0v) is 31.7.